The van der Waals surface area contributed by atoms with Crippen molar-refractivity contribution in [1.29, 1.82) is 0 Å². The van der Waals surface area contributed by atoms with Gasteiger partial charge in [0.1, 0.15) is 17.6 Å². The van der Waals surface area contributed by atoms with Gasteiger partial charge >= 0.3 is 0 Å². The first-order valence-electron chi connectivity index (χ1n) is 11.9. The van der Waals surface area contributed by atoms with Gasteiger partial charge in [0.05, 0.1) is 24.0 Å². The van der Waals surface area contributed by atoms with Gasteiger partial charge in [0.15, 0.2) is 11.0 Å². The number of hydrogen-bond acceptors (Lipinski definition) is 7. The lowest BCUT2D eigenvalue weighted by molar-refractivity contribution is -0.131. The molecule has 1 aliphatic heterocycles. The second-order valence-electron chi connectivity index (χ2n) is 8.89. The first-order valence-corrected chi connectivity index (χ1v) is 12.9. The molecule has 6 rings (SSSR count). The van der Waals surface area contributed by atoms with Crippen LogP contribution in [0.3, 0.4) is 0 Å². The van der Waals surface area contributed by atoms with Gasteiger partial charge in [-0.3, -0.25) is 4.79 Å². The summed E-state index contributed by atoms with van der Waals surface area (Å²) >= 11 is 1.36. The van der Waals surface area contributed by atoms with E-state index in [1.807, 2.05) is 72.3 Å². The second kappa shape index (κ2) is 9.66. The molecule has 4 aromatic rings. The molecule has 0 radical (unpaired) electrons. The van der Waals surface area contributed by atoms with Crippen molar-refractivity contribution < 1.29 is 13.6 Å². The summed E-state index contributed by atoms with van der Waals surface area (Å²) in [5.74, 6) is 2.49. The Balaban J connectivity index is 1.25. The third-order valence-corrected chi connectivity index (χ3v) is 7.65. The van der Waals surface area contributed by atoms with Crippen LogP contribution >= 0.6 is 11.8 Å². The van der Waals surface area contributed by atoms with Crippen LogP contribution in [0, 0.1) is 5.92 Å². The van der Waals surface area contributed by atoms with E-state index in [-0.39, 0.29) is 23.6 Å². The first kappa shape index (κ1) is 22.6. The Morgan fingerprint density at radius 1 is 1.08 bits per heavy atom. The number of carbonyl (C=O) groups is 1. The van der Waals surface area contributed by atoms with Gasteiger partial charge in [0.25, 0.3) is 5.91 Å². The maximum atomic E-state index is 13.5. The molecule has 0 N–H and O–H groups in total. The van der Waals surface area contributed by atoms with E-state index in [2.05, 4.69) is 10.2 Å². The molecular weight excluding hydrogens is 474 g/mol. The molecule has 0 bridgehead atoms. The fraction of sp³-hybridized carbons (Fsp3) is 0.259. The van der Waals surface area contributed by atoms with E-state index in [0.717, 1.165) is 53.5 Å². The second-order valence-corrected chi connectivity index (χ2v) is 9.83. The molecular formula is C27H25N5O3S. The zero-order valence-electron chi connectivity index (χ0n) is 19.8. The number of amides is 1. The van der Waals surface area contributed by atoms with Gasteiger partial charge in [0.2, 0.25) is 0 Å². The molecule has 36 heavy (non-hydrogen) atoms. The average Bonchev–Trinajstić information content (AvgIpc) is 3.70. The molecule has 9 heteroatoms. The Morgan fingerprint density at radius 3 is 2.69 bits per heavy atom. The minimum atomic E-state index is -0.261. The van der Waals surface area contributed by atoms with Crippen molar-refractivity contribution >= 4 is 29.5 Å². The highest BCUT2D eigenvalue weighted by Gasteiger charge is 2.45. The van der Waals surface area contributed by atoms with Crippen molar-refractivity contribution in [1.82, 2.24) is 19.8 Å². The van der Waals surface area contributed by atoms with Crippen LogP contribution in [0.5, 0.6) is 0 Å². The fourth-order valence-electron chi connectivity index (χ4n) is 4.96. The SMILES string of the molecule is Cn1c(SCC(=O)N2N=C3/C(=C\c4ccco4)CCCC3C2c2ccco2)nnc1-c1ccccc1. The van der Waals surface area contributed by atoms with Crippen LogP contribution in [0.25, 0.3) is 17.5 Å². The van der Waals surface area contributed by atoms with Gasteiger partial charge < -0.3 is 13.4 Å². The summed E-state index contributed by atoms with van der Waals surface area (Å²) in [5.41, 5.74) is 3.04. The van der Waals surface area contributed by atoms with Crippen LogP contribution < -0.4 is 0 Å². The van der Waals surface area contributed by atoms with Gasteiger partial charge in [0, 0.05) is 18.5 Å². The molecule has 0 spiro atoms. The van der Waals surface area contributed by atoms with Crippen LogP contribution in [0.2, 0.25) is 0 Å². The number of thioether (sulfide) groups is 1. The van der Waals surface area contributed by atoms with Gasteiger partial charge in [-0.1, -0.05) is 42.1 Å². The number of fused-ring (bicyclic) bond motifs is 1. The van der Waals surface area contributed by atoms with Crippen molar-refractivity contribution in [2.24, 2.45) is 18.1 Å². The number of hydrogen-bond donors (Lipinski definition) is 0. The maximum Gasteiger partial charge on any atom is 0.253 e. The number of allylic oxidation sites excluding steroid dienone is 1. The highest BCUT2D eigenvalue weighted by molar-refractivity contribution is 7.99. The lowest BCUT2D eigenvalue weighted by Gasteiger charge is -2.27. The third-order valence-electron chi connectivity index (χ3n) is 6.64. The molecule has 1 saturated carbocycles. The van der Waals surface area contributed by atoms with Gasteiger partial charge in [-0.2, -0.15) is 5.10 Å². The molecule has 1 aliphatic carbocycles. The number of benzene rings is 1. The summed E-state index contributed by atoms with van der Waals surface area (Å²) in [4.78, 5) is 13.5. The molecule has 182 valence electrons. The standard InChI is InChI=1S/C27H25N5O3S/c1-31-26(18-8-3-2-4-9-18)28-29-27(31)36-17-23(33)32-25(22-13-7-15-35-22)21-12-5-10-19(24(21)30-32)16-20-11-6-14-34-20/h2-4,6-9,11,13-16,21,25H,5,10,12,17H2,1H3/b19-16-. The quantitative estimate of drug-likeness (QED) is 0.322. The Bertz CT molecular complexity index is 1410. The number of furan rings is 2. The molecule has 1 aromatic carbocycles. The summed E-state index contributed by atoms with van der Waals surface area (Å²) in [6.45, 7) is 0. The Hall–Kier alpha value is -3.85. The van der Waals surface area contributed by atoms with Crippen molar-refractivity contribution in [2.45, 2.75) is 30.5 Å². The van der Waals surface area contributed by atoms with Crippen LogP contribution in [-0.4, -0.2) is 37.1 Å². The lowest BCUT2D eigenvalue weighted by atomic mass is 9.79. The van der Waals surface area contributed by atoms with Crippen LogP contribution in [0.1, 0.15) is 36.8 Å². The topological polar surface area (TPSA) is 89.7 Å². The number of carbonyl (C=O) groups excluding carboxylic acids is 1. The molecule has 8 nitrogen and oxygen atoms in total. The molecule has 1 amide bonds. The van der Waals surface area contributed by atoms with E-state index < -0.39 is 0 Å². The van der Waals surface area contributed by atoms with Crippen LogP contribution in [0.4, 0.5) is 0 Å². The van der Waals surface area contributed by atoms with Gasteiger partial charge in [-0.15, -0.1) is 10.2 Å². The van der Waals surface area contributed by atoms with E-state index in [9.17, 15) is 4.79 Å². The molecule has 1 fully saturated rings. The van der Waals surface area contributed by atoms with Crippen molar-refractivity contribution in [2.75, 3.05) is 5.75 Å². The van der Waals surface area contributed by atoms with E-state index in [0.29, 0.717) is 5.16 Å². The predicted octanol–water partition coefficient (Wildman–Crippen LogP) is 5.58. The van der Waals surface area contributed by atoms with Gasteiger partial charge in [-0.05, 0) is 55.2 Å². The summed E-state index contributed by atoms with van der Waals surface area (Å²) in [7, 11) is 1.91. The monoisotopic (exact) mass is 499 g/mol. The highest BCUT2D eigenvalue weighted by atomic mass is 32.2. The zero-order valence-corrected chi connectivity index (χ0v) is 20.6. The summed E-state index contributed by atoms with van der Waals surface area (Å²) in [6.07, 6.45) is 8.22. The van der Waals surface area contributed by atoms with Crippen molar-refractivity contribution in [3.63, 3.8) is 0 Å². The summed E-state index contributed by atoms with van der Waals surface area (Å²) < 4.78 is 13.2. The third kappa shape index (κ3) is 4.19. The Labute approximate surface area is 212 Å². The smallest absolute Gasteiger partial charge is 0.253 e. The zero-order chi connectivity index (χ0) is 24.5. The largest absolute Gasteiger partial charge is 0.467 e. The number of aromatic nitrogens is 3. The molecule has 2 unspecified atom stereocenters. The Kier molecular flexibility index (Phi) is 6.06. The first-order chi connectivity index (χ1) is 17.7. The average molecular weight is 500 g/mol. The van der Waals surface area contributed by atoms with E-state index in [4.69, 9.17) is 13.9 Å². The molecule has 0 saturated heterocycles. The normalized spacial score (nSPS) is 20.5. The number of hydrazone groups is 1. The molecule has 2 atom stereocenters. The van der Waals surface area contributed by atoms with Crippen molar-refractivity contribution in [3.8, 4) is 11.4 Å². The highest BCUT2D eigenvalue weighted by Crippen LogP contribution is 2.44. The van der Waals surface area contributed by atoms with E-state index >= 15 is 0 Å². The minimum absolute atomic E-state index is 0.0829. The van der Waals surface area contributed by atoms with E-state index in [1.165, 1.54) is 11.8 Å². The molecule has 4 heterocycles. The molecule has 2 aliphatic rings. The van der Waals surface area contributed by atoms with Crippen molar-refractivity contribution in [3.05, 3.63) is 84.2 Å². The minimum Gasteiger partial charge on any atom is -0.467 e. The van der Waals surface area contributed by atoms with E-state index in [1.54, 1.807) is 17.5 Å². The van der Waals surface area contributed by atoms with Gasteiger partial charge in [-0.25, -0.2) is 5.01 Å². The number of rotatable bonds is 6. The predicted molar refractivity (Wildman–Crippen MR) is 137 cm³/mol. The fourth-order valence-corrected chi connectivity index (χ4v) is 5.73. The van der Waals surface area contributed by atoms with Crippen LogP contribution in [-0.2, 0) is 11.8 Å². The number of nitrogens with zero attached hydrogens (tertiary/aromatic N) is 5. The summed E-state index contributed by atoms with van der Waals surface area (Å²) in [6, 6.07) is 17.2. The van der Waals surface area contributed by atoms with Crippen LogP contribution in [0.15, 0.2) is 91.8 Å². The molecule has 3 aromatic heterocycles. The lowest BCUT2D eigenvalue weighted by Crippen LogP contribution is -2.32. The maximum absolute atomic E-state index is 13.5. The summed E-state index contributed by atoms with van der Waals surface area (Å²) in [5, 5.41) is 15.8. The Morgan fingerprint density at radius 2 is 1.92 bits per heavy atom.